The summed E-state index contributed by atoms with van der Waals surface area (Å²) in [6, 6.07) is 11.4. The molecule has 0 atom stereocenters. The van der Waals surface area contributed by atoms with Gasteiger partial charge in [0.15, 0.2) is 5.78 Å². The van der Waals surface area contributed by atoms with Crippen LogP contribution in [0.1, 0.15) is 34.0 Å². The van der Waals surface area contributed by atoms with E-state index in [9.17, 15) is 4.79 Å². The molecule has 0 N–H and O–H groups in total. The normalized spacial score (nSPS) is 10.4. The molecule has 0 saturated heterocycles. The summed E-state index contributed by atoms with van der Waals surface area (Å²) in [6.07, 6.45) is 0. The summed E-state index contributed by atoms with van der Waals surface area (Å²) in [4.78, 5) is 11.3. The molecule has 20 heavy (non-hydrogen) atoms. The number of aryl methyl sites for hydroxylation is 2. The lowest BCUT2D eigenvalue weighted by Crippen LogP contribution is -2.00. The van der Waals surface area contributed by atoms with E-state index in [0.29, 0.717) is 22.9 Å². The second-order valence-corrected chi connectivity index (χ2v) is 5.33. The maximum absolute atomic E-state index is 11.3. The van der Waals surface area contributed by atoms with E-state index in [-0.39, 0.29) is 5.78 Å². The minimum Gasteiger partial charge on any atom is -0.487 e. The highest BCUT2D eigenvalue weighted by molar-refractivity contribution is 6.32. The van der Waals surface area contributed by atoms with Crippen LogP contribution < -0.4 is 4.74 Å². The molecule has 0 aliphatic rings. The molecule has 0 saturated carbocycles. The van der Waals surface area contributed by atoms with Crippen LogP contribution >= 0.6 is 11.6 Å². The van der Waals surface area contributed by atoms with Gasteiger partial charge in [0.05, 0.1) is 5.02 Å². The number of ether oxygens (including phenoxy) is 1. The molecule has 0 amide bonds. The topological polar surface area (TPSA) is 26.3 Å². The Balaban J connectivity index is 2.15. The summed E-state index contributed by atoms with van der Waals surface area (Å²) in [5.41, 5.74) is 4.12. The van der Waals surface area contributed by atoms with E-state index in [1.165, 1.54) is 18.1 Å². The molecule has 0 bridgehead atoms. The van der Waals surface area contributed by atoms with Crippen molar-refractivity contribution in [2.45, 2.75) is 27.4 Å². The first-order valence-electron chi connectivity index (χ1n) is 6.47. The molecule has 104 valence electrons. The maximum atomic E-state index is 11.3. The first kappa shape index (κ1) is 14.6. The van der Waals surface area contributed by atoms with E-state index in [1.807, 2.05) is 0 Å². The average molecular weight is 289 g/mol. The number of carbonyl (C=O) groups excluding carboxylic acids is 1. The van der Waals surface area contributed by atoms with Crippen molar-refractivity contribution in [1.82, 2.24) is 0 Å². The highest BCUT2D eigenvalue weighted by atomic mass is 35.5. The Labute approximate surface area is 124 Å². The third-order valence-electron chi connectivity index (χ3n) is 3.23. The van der Waals surface area contributed by atoms with E-state index < -0.39 is 0 Å². The Morgan fingerprint density at radius 3 is 2.55 bits per heavy atom. The predicted octanol–water partition coefficient (Wildman–Crippen LogP) is 4.74. The zero-order valence-electron chi connectivity index (χ0n) is 11.9. The third-order valence-corrected chi connectivity index (χ3v) is 3.52. The first-order valence-corrected chi connectivity index (χ1v) is 6.84. The zero-order valence-corrected chi connectivity index (χ0v) is 12.6. The molecule has 0 aromatic heterocycles. The van der Waals surface area contributed by atoms with Crippen LogP contribution in [0.3, 0.4) is 0 Å². The second-order valence-electron chi connectivity index (χ2n) is 4.92. The monoisotopic (exact) mass is 288 g/mol. The average Bonchev–Trinajstić information content (AvgIpc) is 2.40. The van der Waals surface area contributed by atoms with Gasteiger partial charge in [-0.15, -0.1) is 0 Å². The van der Waals surface area contributed by atoms with Crippen molar-refractivity contribution in [3.63, 3.8) is 0 Å². The highest BCUT2D eigenvalue weighted by Crippen LogP contribution is 2.27. The molecule has 0 unspecified atom stereocenters. The van der Waals surface area contributed by atoms with Crippen LogP contribution in [0, 0.1) is 13.8 Å². The van der Waals surface area contributed by atoms with Crippen LogP contribution in [0.25, 0.3) is 0 Å². The van der Waals surface area contributed by atoms with Crippen LogP contribution in [-0.2, 0) is 6.61 Å². The van der Waals surface area contributed by atoms with E-state index in [0.717, 1.165) is 5.56 Å². The number of benzene rings is 2. The highest BCUT2D eigenvalue weighted by Gasteiger charge is 2.07. The Morgan fingerprint density at radius 1 is 1.15 bits per heavy atom. The van der Waals surface area contributed by atoms with Gasteiger partial charge in [0.25, 0.3) is 0 Å². The van der Waals surface area contributed by atoms with Gasteiger partial charge in [0, 0.05) is 5.56 Å². The molecule has 0 spiro atoms. The van der Waals surface area contributed by atoms with Gasteiger partial charge in [0.1, 0.15) is 12.4 Å². The van der Waals surface area contributed by atoms with Crippen LogP contribution in [-0.4, -0.2) is 5.78 Å². The van der Waals surface area contributed by atoms with Gasteiger partial charge in [-0.25, -0.2) is 0 Å². The number of halogens is 1. The lowest BCUT2D eigenvalue weighted by Gasteiger charge is -2.11. The zero-order chi connectivity index (χ0) is 14.7. The Hall–Kier alpha value is -1.80. The number of ketones is 1. The van der Waals surface area contributed by atoms with Gasteiger partial charge in [0.2, 0.25) is 0 Å². The predicted molar refractivity (Wildman–Crippen MR) is 81.7 cm³/mol. The van der Waals surface area contributed by atoms with Crippen LogP contribution in [0.4, 0.5) is 0 Å². The summed E-state index contributed by atoms with van der Waals surface area (Å²) in [7, 11) is 0. The lowest BCUT2D eigenvalue weighted by atomic mass is 10.1. The molecule has 0 heterocycles. The maximum Gasteiger partial charge on any atom is 0.159 e. The van der Waals surface area contributed by atoms with Crippen LogP contribution in [0.15, 0.2) is 36.4 Å². The van der Waals surface area contributed by atoms with Gasteiger partial charge in [-0.3, -0.25) is 4.79 Å². The third kappa shape index (κ3) is 3.40. The number of Topliss-reactive ketones (excluding diaryl/α,β-unsaturated/α-hetero) is 1. The van der Waals surface area contributed by atoms with Crippen molar-refractivity contribution in [3.8, 4) is 5.75 Å². The molecule has 2 aromatic rings. The Morgan fingerprint density at radius 2 is 1.90 bits per heavy atom. The van der Waals surface area contributed by atoms with Crippen LogP contribution in [0.5, 0.6) is 5.75 Å². The van der Waals surface area contributed by atoms with Crippen molar-refractivity contribution in [2.75, 3.05) is 0 Å². The minimum atomic E-state index is -0.00650. The molecule has 2 rings (SSSR count). The number of hydrogen-bond donors (Lipinski definition) is 0. The molecule has 2 aromatic carbocycles. The fraction of sp³-hybridized carbons (Fsp3) is 0.235. The Kier molecular flexibility index (Phi) is 4.46. The smallest absolute Gasteiger partial charge is 0.159 e. The standard InChI is InChI=1S/C17H17ClO2/c1-11-4-5-12(2)15(8-11)10-20-17-7-6-14(13(3)19)9-16(17)18/h4-9H,10H2,1-3H3. The van der Waals surface area contributed by atoms with E-state index >= 15 is 0 Å². The molecular formula is C17H17ClO2. The molecule has 0 aliphatic heterocycles. The van der Waals surface area contributed by atoms with Gasteiger partial charge in [-0.2, -0.15) is 0 Å². The molecule has 0 aliphatic carbocycles. The summed E-state index contributed by atoms with van der Waals surface area (Å²) >= 11 is 6.13. The van der Waals surface area contributed by atoms with Crippen molar-refractivity contribution in [2.24, 2.45) is 0 Å². The first-order chi connectivity index (χ1) is 9.47. The summed E-state index contributed by atoms with van der Waals surface area (Å²) in [5, 5.41) is 0.461. The second kappa shape index (κ2) is 6.10. The van der Waals surface area contributed by atoms with Crippen molar-refractivity contribution < 1.29 is 9.53 Å². The lowest BCUT2D eigenvalue weighted by molar-refractivity contribution is 0.101. The molecule has 3 heteroatoms. The van der Waals surface area contributed by atoms with Gasteiger partial charge in [-0.05, 0) is 50.1 Å². The number of carbonyl (C=O) groups is 1. The van der Waals surface area contributed by atoms with E-state index in [2.05, 4.69) is 32.0 Å². The van der Waals surface area contributed by atoms with Crippen molar-refractivity contribution in [1.29, 1.82) is 0 Å². The summed E-state index contributed by atoms with van der Waals surface area (Å²) in [5.74, 6) is 0.588. The van der Waals surface area contributed by atoms with Gasteiger partial charge in [-0.1, -0.05) is 35.4 Å². The van der Waals surface area contributed by atoms with Gasteiger partial charge < -0.3 is 4.74 Å². The number of hydrogen-bond acceptors (Lipinski definition) is 2. The molecule has 0 fully saturated rings. The van der Waals surface area contributed by atoms with Crippen molar-refractivity contribution in [3.05, 3.63) is 63.7 Å². The van der Waals surface area contributed by atoms with Crippen molar-refractivity contribution >= 4 is 17.4 Å². The van der Waals surface area contributed by atoms with Gasteiger partial charge >= 0.3 is 0 Å². The van der Waals surface area contributed by atoms with Crippen LogP contribution in [0.2, 0.25) is 5.02 Å². The SMILES string of the molecule is CC(=O)c1ccc(OCc2cc(C)ccc2C)c(Cl)c1. The fourth-order valence-electron chi connectivity index (χ4n) is 1.95. The largest absolute Gasteiger partial charge is 0.487 e. The quantitative estimate of drug-likeness (QED) is 0.760. The Bertz CT molecular complexity index is 647. The summed E-state index contributed by atoms with van der Waals surface area (Å²) < 4.78 is 5.75. The molecular weight excluding hydrogens is 272 g/mol. The van der Waals surface area contributed by atoms with E-state index in [1.54, 1.807) is 18.2 Å². The molecule has 2 nitrogen and oxygen atoms in total. The fourth-order valence-corrected chi connectivity index (χ4v) is 2.18. The molecule has 0 radical (unpaired) electrons. The summed E-state index contributed by atoms with van der Waals surface area (Å²) in [6.45, 7) is 6.09. The minimum absolute atomic E-state index is 0.00650. The number of rotatable bonds is 4. The van der Waals surface area contributed by atoms with E-state index in [4.69, 9.17) is 16.3 Å².